The first-order valence-electron chi connectivity index (χ1n) is 7.19. The van der Waals surface area contributed by atoms with E-state index in [1.165, 1.54) is 0 Å². The molecule has 4 nitrogen and oxygen atoms in total. The van der Waals surface area contributed by atoms with Crippen LogP contribution in [0.5, 0.6) is 5.75 Å². The van der Waals surface area contributed by atoms with Crippen molar-refractivity contribution in [2.45, 2.75) is 19.4 Å². The molecule has 111 valence electrons. The predicted octanol–water partition coefficient (Wildman–Crippen LogP) is 3.68. The van der Waals surface area contributed by atoms with Gasteiger partial charge in [-0.3, -0.25) is 0 Å². The maximum Gasteiger partial charge on any atom is 0.147 e. The summed E-state index contributed by atoms with van der Waals surface area (Å²) in [4.78, 5) is 0. The molecule has 3 rings (SSSR count). The molecule has 0 bridgehead atoms. The molecule has 0 aromatic heterocycles. The number of nitriles is 1. The molecule has 0 saturated carbocycles. The summed E-state index contributed by atoms with van der Waals surface area (Å²) in [7, 11) is 0. The third-order valence-electron chi connectivity index (χ3n) is 4.43. The molecule has 0 amide bonds. The normalized spacial score (nSPS) is 20.7. The number of nitrogens with zero attached hydrogens (tertiary/aromatic N) is 2. The van der Waals surface area contributed by atoms with Gasteiger partial charge in [0, 0.05) is 0 Å². The van der Waals surface area contributed by atoms with Gasteiger partial charge >= 0.3 is 0 Å². The van der Waals surface area contributed by atoms with Crippen molar-refractivity contribution < 1.29 is 9.94 Å². The summed E-state index contributed by atoms with van der Waals surface area (Å²) >= 11 is 0. The van der Waals surface area contributed by atoms with Gasteiger partial charge in [-0.25, -0.2) is 5.06 Å². The summed E-state index contributed by atoms with van der Waals surface area (Å²) in [5.74, 6) is 0.554. The van der Waals surface area contributed by atoms with Crippen LogP contribution in [0.3, 0.4) is 0 Å². The monoisotopic (exact) mass is 293 g/mol. The summed E-state index contributed by atoms with van der Waals surface area (Å²) < 4.78 is 5.86. The first-order chi connectivity index (χ1) is 10.5. The minimum Gasteiger partial charge on any atom is -0.488 e. The molecule has 0 aliphatic carbocycles. The fourth-order valence-electron chi connectivity index (χ4n) is 3.00. The van der Waals surface area contributed by atoms with E-state index in [9.17, 15) is 10.5 Å². The maximum absolute atomic E-state index is 13.2. The number of para-hydroxylation sites is 2. The summed E-state index contributed by atoms with van der Waals surface area (Å²) in [6.45, 7) is 3.70. The fourth-order valence-corrected chi connectivity index (χ4v) is 3.00. The highest BCUT2D eigenvalue weighted by Gasteiger charge is 2.56. The molecule has 1 atom stereocenters. The number of hydroxylamine groups is 1. The van der Waals surface area contributed by atoms with Crippen LogP contribution in [0.25, 0.3) is 0 Å². The highest BCUT2D eigenvalue weighted by atomic mass is 16.5. The van der Waals surface area contributed by atoms with Crippen LogP contribution >= 0.6 is 0 Å². The van der Waals surface area contributed by atoms with E-state index in [0.717, 1.165) is 10.6 Å². The van der Waals surface area contributed by atoms with Crippen molar-refractivity contribution in [1.29, 1.82) is 5.26 Å². The molecule has 1 aliphatic rings. The third-order valence-corrected chi connectivity index (χ3v) is 4.43. The maximum atomic E-state index is 13.2. The minimum absolute atomic E-state index is 0.137. The van der Waals surface area contributed by atoms with E-state index >= 15 is 0 Å². The Morgan fingerprint density at radius 3 is 2.45 bits per heavy atom. The number of hydrogen-bond acceptors (Lipinski definition) is 3. The Labute approximate surface area is 130 Å². The average Bonchev–Trinajstić information content (AvgIpc) is 2.56. The van der Waals surface area contributed by atoms with Gasteiger partial charge in [-0.2, -0.15) is 5.26 Å². The Kier molecular flexibility index (Phi) is 3.31. The Morgan fingerprint density at radius 1 is 1.14 bits per heavy atom. The standard InChI is InChI=1S/C18H17N2O2/c1-17(2,12-19)18(14-8-4-3-5-9-14)13-22-16-11-7-6-10-15(16)20(18)21/h3-11H,13H2,1-2H3. The Balaban J connectivity index is 2.24. The first-order valence-corrected chi connectivity index (χ1v) is 7.19. The smallest absolute Gasteiger partial charge is 0.147 e. The van der Waals surface area contributed by atoms with Crippen molar-refractivity contribution in [2.24, 2.45) is 5.41 Å². The van der Waals surface area contributed by atoms with E-state index in [1.54, 1.807) is 32.0 Å². The Bertz CT molecular complexity index is 721. The van der Waals surface area contributed by atoms with Gasteiger partial charge in [0.2, 0.25) is 0 Å². The van der Waals surface area contributed by atoms with Crippen LogP contribution in [-0.2, 0) is 10.7 Å². The number of benzene rings is 2. The molecule has 2 aromatic carbocycles. The fraction of sp³-hybridized carbons (Fsp3) is 0.278. The molecule has 0 fully saturated rings. The van der Waals surface area contributed by atoms with Gasteiger partial charge in [-0.05, 0) is 31.5 Å². The van der Waals surface area contributed by atoms with Gasteiger partial charge < -0.3 is 4.74 Å². The van der Waals surface area contributed by atoms with Gasteiger partial charge in [0.25, 0.3) is 0 Å². The zero-order chi connectivity index (χ0) is 15.8. The molecule has 1 radical (unpaired) electrons. The van der Waals surface area contributed by atoms with E-state index in [4.69, 9.17) is 4.74 Å². The van der Waals surface area contributed by atoms with Crippen molar-refractivity contribution >= 4 is 5.69 Å². The first kappa shape index (κ1) is 14.4. The number of hydrogen-bond donors (Lipinski definition) is 0. The SMILES string of the molecule is CC(C)(C#N)C1(c2ccccc2)COc2ccccc2N1[O]. The Morgan fingerprint density at radius 2 is 1.77 bits per heavy atom. The lowest BCUT2D eigenvalue weighted by molar-refractivity contribution is -0.0155. The minimum atomic E-state index is -1.09. The van der Waals surface area contributed by atoms with E-state index in [2.05, 4.69) is 6.07 Å². The van der Waals surface area contributed by atoms with Gasteiger partial charge in [-0.1, -0.05) is 47.7 Å². The van der Waals surface area contributed by atoms with Crippen LogP contribution in [0.2, 0.25) is 0 Å². The molecular formula is C18H17N2O2. The van der Waals surface area contributed by atoms with Gasteiger partial charge in [0.1, 0.15) is 23.6 Å². The molecule has 0 N–H and O–H groups in total. The van der Waals surface area contributed by atoms with E-state index < -0.39 is 11.0 Å². The van der Waals surface area contributed by atoms with E-state index in [-0.39, 0.29) is 6.61 Å². The number of fused-ring (bicyclic) bond motifs is 1. The molecule has 1 heterocycles. The zero-order valence-corrected chi connectivity index (χ0v) is 12.6. The Hall–Kier alpha value is -2.51. The van der Waals surface area contributed by atoms with Crippen LogP contribution < -0.4 is 9.80 Å². The van der Waals surface area contributed by atoms with Crippen LogP contribution in [0.4, 0.5) is 5.69 Å². The van der Waals surface area contributed by atoms with E-state index in [0.29, 0.717) is 11.4 Å². The second-order valence-corrected chi connectivity index (χ2v) is 6.01. The highest BCUT2D eigenvalue weighted by Crippen LogP contribution is 2.50. The summed E-state index contributed by atoms with van der Waals surface area (Å²) in [5.41, 5.74) is -0.770. The van der Waals surface area contributed by atoms with Crippen LogP contribution in [0.1, 0.15) is 19.4 Å². The predicted molar refractivity (Wildman–Crippen MR) is 82.6 cm³/mol. The van der Waals surface area contributed by atoms with Crippen molar-refractivity contribution in [3.05, 3.63) is 60.2 Å². The molecule has 4 heteroatoms. The topological polar surface area (TPSA) is 56.2 Å². The molecule has 22 heavy (non-hydrogen) atoms. The lowest BCUT2D eigenvalue weighted by Crippen LogP contribution is -2.59. The zero-order valence-electron chi connectivity index (χ0n) is 12.6. The largest absolute Gasteiger partial charge is 0.488 e. The lowest BCUT2D eigenvalue weighted by Gasteiger charge is -2.49. The van der Waals surface area contributed by atoms with Crippen LogP contribution in [0.15, 0.2) is 54.6 Å². The number of anilines is 1. The summed E-state index contributed by atoms with van der Waals surface area (Å²) in [5, 5.41) is 23.8. The molecule has 2 aromatic rings. The molecule has 0 spiro atoms. The van der Waals surface area contributed by atoms with Crippen LogP contribution in [0, 0.1) is 16.7 Å². The third kappa shape index (κ3) is 1.87. The second kappa shape index (κ2) is 5.04. The molecule has 0 saturated heterocycles. The van der Waals surface area contributed by atoms with Gasteiger partial charge in [0.05, 0.1) is 11.5 Å². The van der Waals surface area contributed by atoms with Crippen molar-refractivity contribution in [3.8, 4) is 11.8 Å². The molecule has 1 unspecified atom stereocenters. The van der Waals surface area contributed by atoms with Crippen molar-refractivity contribution in [1.82, 2.24) is 0 Å². The lowest BCUT2D eigenvalue weighted by atomic mass is 9.68. The summed E-state index contributed by atoms with van der Waals surface area (Å²) in [6, 6.07) is 18.8. The van der Waals surface area contributed by atoms with Crippen LogP contribution in [-0.4, -0.2) is 6.61 Å². The molecular weight excluding hydrogens is 276 g/mol. The second-order valence-electron chi connectivity index (χ2n) is 6.01. The van der Waals surface area contributed by atoms with Crippen molar-refractivity contribution in [2.75, 3.05) is 11.7 Å². The molecule has 1 aliphatic heterocycles. The highest BCUT2D eigenvalue weighted by molar-refractivity contribution is 5.62. The number of ether oxygens (including phenoxy) is 1. The quantitative estimate of drug-likeness (QED) is 0.848. The average molecular weight is 293 g/mol. The van der Waals surface area contributed by atoms with Gasteiger partial charge in [0.15, 0.2) is 0 Å². The van der Waals surface area contributed by atoms with E-state index in [1.807, 2.05) is 36.4 Å². The van der Waals surface area contributed by atoms with Gasteiger partial charge in [-0.15, -0.1) is 0 Å². The number of rotatable bonds is 2. The summed E-state index contributed by atoms with van der Waals surface area (Å²) in [6.07, 6.45) is 0. The van der Waals surface area contributed by atoms with Crippen molar-refractivity contribution in [3.63, 3.8) is 0 Å².